The van der Waals surface area contributed by atoms with Gasteiger partial charge < -0.3 is 10.3 Å². The van der Waals surface area contributed by atoms with E-state index in [1.165, 1.54) is 0 Å². The second-order valence-corrected chi connectivity index (χ2v) is 6.32. The Bertz CT molecular complexity index is 1250. The lowest BCUT2D eigenvalue weighted by Crippen LogP contribution is -1.98. The van der Waals surface area contributed by atoms with Crippen molar-refractivity contribution in [2.45, 2.75) is 0 Å². The van der Waals surface area contributed by atoms with Gasteiger partial charge in [-0.2, -0.15) is 0 Å². The lowest BCUT2D eigenvalue weighted by Gasteiger charge is -2.08. The molecule has 0 fully saturated rings. The Labute approximate surface area is 161 Å². The van der Waals surface area contributed by atoms with Gasteiger partial charge in [-0.25, -0.2) is 15.0 Å². The Hall–Kier alpha value is -4.06. The normalized spacial score (nSPS) is 10.9. The number of nitrogens with zero attached hydrogens (tertiary/aromatic N) is 4. The molecule has 6 nitrogen and oxygen atoms in total. The highest BCUT2D eigenvalue weighted by atomic mass is 15.1. The van der Waals surface area contributed by atoms with Gasteiger partial charge in [0.2, 0.25) is 5.95 Å². The number of aromatic nitrogens is 5. The van der Waals surface area contributed by atoms with Crippen LogP contribution in [0.5, 0.6) is 0 Å². The molecule has 0 spiro atoms. The van der Waals surface area contributed by atoms with E-state index < -0.39 is 0 Å². The summed E-state index contributed by atoms with van der Waals surface area (Å²) in [5.74, 6) is 0.540. The van der Waals surface area contributed by atoms with Crippen LogP contribution >= 0.6 is 0 Å². The molecule has 0 bridgehead atoms. The average Bonchev–Trinajstić information content (AvgIpc) is 3.23. The van der Waals surface area contributed by atoms with Gasteiger partial charge in [0.1, 0.15) is 0 Å². The molecule has 0 amide bonds. The van der Waals surface area contributed by atoms with Crippen molar-refractivity contribution in [2.24, 2.45) is 0 Å². The zero-order valence-corrected chi connectivity index (χ0v) is 14.9. The summed E-state index contributed by atoms with van der Waals surface area (Å²) >= 11 is 0. The standard InChI is InChI=1S/C22H16N6/c1-2-10-23-18(6-1)15-4-3-5-17(12-15)27-22-24-11-9-19(28-22)16-7-8-20-21(13-16)26-14-25-20/h1-14H,(H,25,26)(H,24,27,28). The molecule has 0 saturated carbocycles. The monoisotopic (exact) mass is 364 g/mol. The van der Waals surface area contributed by atoms with E-state index in [4.69, 9.17) is 0 Å². The van der Waals surface area contributed by atoms with Gasteiger partial charge >= 0.3 is 0 Å². The maximum absolute atomic E-state index is 4.66. The van der Waals surface area contributed by atoms with Crippen molar-refractivity contribution in [2.75, 3.05) is 5.32 Å². The molecule has 0 unspecified atom stereocenters. The number of rotatable bonds is 4. The molecule has 28 heavy (non-hydrogen) atoms. The predicted molar refractivity (Wildman–Crippen MR) is 110 cm³/mol. The molecule has 0 aliphatic carbocycles. The van der Waals surface area contributed by atoms with Gasteiger partial charge in [0.15, 0.2) is 0 Å². The van der Waals surface area contributed by atoms with Crippen LogP contribution in [0.15, 0.2) is 85.5 Å². The molecule has 3 aromatic heterocycles. The van der Waals surface area contributed by atoms with Crippen molar-refractivity contribution in [1.29, 1.82) is 0 Å². The number of benzene rings is 2. The Kier molecular flexibility index (Phi) is 3.99. The molecule has 5 rings (SSSR count). The summed E-state index contributed by atoms with van der Waals surface area (Å²) < 4.78 is 0. The highest BCUT2D eigenvalue weighted by Gasteiger charge is 2.06. The topological polar surface area (TPSA) is 79.4 Å². The summed E-state index contributed by atoms with van der Waals surface area (Å²) in [7, 11) is 0. The molecule has 6 heteroatoms. The lowest BCUT2D eigenvalue weighted by molar-refractivity contribution is 1.17. The maximum atomic E-state index is 4.66. The first kappa shape index (κ1) is 16.1. The summed E-state index contributed by atoms with van der Waals surface area (Å²) in [4.78, 5) is 20.8. The van der Waals surface area contributed by atoms with Crippen LogP contribution in [0.4, 0.5) is 11.6 Å². The largest absolute Gasteiger partial charge is 0.345 e. The Balaban J connectivity index is 1.44. The van der Waals surface area contributed by atoms with Crippen molar-refractivity contribution in [1.82, 2.24) is 24.9 Å². The second kappa shape index (κ2) is 6.92. The zero-order valence-electron chi connectivity index (χ0n) is 14.9. The fourth-order valence-corrected chi connectivity index (χ4v) is 3.09. The third-order valence-electron chi connectivity index (χ3n) is 4.45. The first-order valence-electron chi connectivity index (χ1n) is 8.90. The van der Waals surface area contributed by atoms with Crippen LogP contribution in [0.1, 0.15) is 0 Å². The minimum absolute atomic E-state index is 0.540. The van der Waals surface area contributed by atoms with Gasteiger partial charge in [0.25, 0.3) is 0 Å². The zero-order chi connectivity index (χ0) is 18.8. The average molecular weight is 364 g/mol. The number of H-pyrrole nitrogens is 1. The van der Waals surface area contributed by atoms with E-state index in [9.17, 15) is 0 Å². The second-order valence-electron chi connectivity index (χ2n) is 6.32. The van der Waals surface area contributed by atoms with Gasteiger partial charge in [0, 0.05) is 29.2 Å². The van der Waals surface area contributed by atoms with Crippen molar-refractivity contribution in [3.8, 4) is 22.5 Å². The smallest absolute Gasteiger partial charge is 0.227 e. The molecule has 3 heterocycles. The highest BCUT2D eigenvalue weighted by Crippen LogP contribution is 2.24. The van der Waals surface area contributed by atoms with Crippen molar-refractivity contribution in [3.63, 3.8) is 0 Å². The van der Waals surface area contributed by atoms with Crippen LogP contribution < -0.4 is 5.32 Å². The highest BCUT2D eigenvalue weighted by molar-refractivity contribution is 5.80. The molecule has 0 radical (unpaired) electrons. The Morgan fingerprint density at radius 2 is 1.68 bits per heavy atom. The van der Waals surface area contributed by atoms with E-state index in [0.717, 1.165) is 39.2 Å². The first-order chi connectivity index (χ1) is 13.8. The summed E-state index contributed by atoms with van der Waals surface area (Å²) in [6, 6.07) is 21.8. The molecule has 2 aromatic carbocycles. The fraction of sp³-hybridized carbons (Fsp3) is 0. The first-order valence-corrected chi connectivity index (χ1v) is 8.90. The number of anilines is 2. The molecule has 134 valence electrons. The quantitative estimate of drug-likeness (QED) is 0.478. The number of hydrogen-bond donors (Lipinski definition) is 2. The van der Waals surface area contributed by atoms with Crippen molar-refractivity contribution >= 4 is 22.7 Å². The predicted octanol–water partition coefficient (Wildman–Crippen LogP) is 4.83. The number of imidazole rings is 1. The van der Waals surface area contributed by atoms with E-state index in [0.29, 0.717) is 5.95 Å². The van der Waals surface area contributed by atoms with Gasteiger partial charge in [-0.15, -0.1) is 0 Å². The minimum Gasteiger partial charge on any atom is -0.345 e. The lowest BCUT2D eigenvalue weighted by atomic mass is 10.1. The molecular weight excluding hydrogens is 348 g/mol. The van der Waals surface area contributed by atoms with Gasteiger partial charge in [-0.05, 0) is 42.5 Å². The SMILES string of the molecule is c1ccc(-c2cccc(Nc3nccc(-c4ccc5[nH]cnc5c4)n3)c2)nc1. The van der Waals surface area contributed by atoms with Crippen LogP contribution in [0, 0.1) is 0 Å². The van der Waals surface area contributed by atoms with Crippen LogP contribution in [-0.4, -0.2) is 24.9 Å². The van der Waals surface area contributed by atoms with Crippen molar-refractivity contribution < 1.29 is 0 Å². The van der Waals surface area contributed by atoms with E-state index >= 15 is 0 Å². The number of fused-ring (bicyclic) bond motifs is 1. The van der Waals surface area contributed by atoms with Crippen LogP contribution in [-0.2, 0) is 0 Å². The molecule has 0 atom stereocenters. The number of aromatic amines is 1. The number of pyridine rings is 1. The summed E-state index contributed by atoms with van der Waals surface area (Å²) in [5.41, 5.74) is 6.61. The van der Waals surface area contributed by atoms with E-state index in [-0.39, 0.29) is 0 Å². The molecule has 0 saturated heterocycles. The van der Waals surface area contributed by atoms with Gasteiger partial charge in [-0.1, -0.05) is 24.3 Å². The van der Waals surface area contributed by atoms with E-state index in [1.807, 2.05) is 66.7 Å². The van der Waals surface area contributed by atoms with Crippen molar-refractivity contribution in [3.05, 3.63) is 85.5 Å². The fourth-order valence-electron chi connectivity index (χ4n) is 3.09. The van der Waals surface area contributed by atoms with Crippen LogP contribution in [0.3, 0.4) is 0 Å². The third kappa shape index (κ3) is 3.19. The third-order valence-corrected chi connectivity index (χ3v) is 4.45. The minimum atomic E-state index is 0.540. The molecule has 0 aliphatic rings. The number of hydrogen-bond acceptors (Lipinski definition) is 5. The molecular formula is C22H16N6. The van der Waals surface area contributed by atoms with Gasteiger partial charge in [0.05, 0.1) is 28.7 Å². The maximum Gasteiger partial charge on any atom is 0.227 e. The van der Waals surface area contributed by atoms with Crippen LogP contribution in [0.2, 0.25) is 0 Å². The molecule has 2 N–H and O–H groups in total. The summed E-state index contributed by atoms with van der Waals surface area (Å²) in [6.07, 6.45) is 5.23. The molecule has 0 aliphatic heterocycles. The Morgan fingerprint density at radius 1 is 0.714 bits per heavy atom. The summed E-state index contributed by atoms with van der Waals surface area (Å²) in [6.45, 7) is 0. The van der Waals surface area contributed by atoms with E-state index in [2.05, 4.69) is 30.2 Å². The van der Waals surface area contributed by atoms with E-state index in [1.54, 1.807) is 18.7 Å². The molecule has 5 aromatic rings. The Morgan fingerprint density at radius 3 is 2.61 bits per heavy atom. The van der Waals surface area contributed by atoms with Crippen LogP contribution in [0.25, 0.3) is 33.5 Å². The summed E-state index contributed by atoms with van der Waals surface area (Å²) in [5, 5.41) is 3.28. The van der Waals surface area contributed by atoms with Gasteiger partial charge in [-0.3, -0.25) is 4.98 Å². The number of nitrogens with one attached hydrogen (secondary N) is 2.